The van der Waals surface area contributed by atoms with Crippen molar-refractivity contribution in [2.24, 2.45) is 5.84 Å². The van der Waals surface area contributed by atoms with E-state index in [9.17, 15) is 0 Å². The fourth-order valence-corrected chi connectivity index (χ4v) is 5.21. The fraction of sp³-hybridized carbons (Fsp3) is 0.250. The van der Waals surface area contributed by atoms with Crippen LogP contribution < -0.4 is 11.3 Å². The standard InChI is InChI=1S/C16H16N2OS2/c17-18-16(13-7-10-3-1-2-4-12(10)19-13)15-8-11-9-20-6-5-14(11)21-15/h1-4,7-8,16,18H,5-6,9,17H2. The molecule has 1 unspecified atom stereocenters. The van der Waals surface area contributed by atoms with Gasteiger partial charge in [0.2, 0.25) is 0 Å². The molecule has 0 radical (unpaired) electrons. The molecule has 0 amide bonds. The van der Waals surface area contributed by atoms with Crippen molar-refractivity contribution in [2.75, 3.05) is 5.75 Å². The Hall–Kier alpha value is -1.27. The third-order valence-corrected chi connectivity index (χ3v) is 6.14. The van der Waals surface area contributed by atoms with Crippen molar-refractivity contribution in [3.63, 3.8) is 0 Å². The van der Waals surface area contributed by atoms with E-state index in [2.05, 4.69) is 23.6 Å². The zero-order chi connectivity index (χ0) is 14.2. The maximum absolute atomic E-state index is 5.97. The number of hydrazine groups is 1. The van der Waals surface area contributed by atoms with Crippen LogP contribution in [-0.2, 0) is 12.2 Å². The minimum Gasteiger partial charge on any atom is -0.459 e. The van der Waals surface area contributed by atoms with Crippen molar-refractivity contribution < 1.29 is 4.42 Å². The summed E-state index contributed by atoms with van der Waals surface area (Å²) in [6.45, 7) is 0. The number of para-hydroxylation sites is 1. The van der Waals surface area contributed by atoms with Gasteiger partial charge in [0, 0.05) is 20.9 Å². The Morgan fingerprint density at radius 1 is 1.24 bits per heavy atom. The Bertz CT molecular complexity index is 721. The molecule has 1 aliphatic rings. The monoisotopic (exact) mass is 316 g/mol. The first-order valence-electron chi connectivity index (χ1n) is 6.99. The molecule has 3 N–H and O–H groups in total. The zero-order valence-electron chi connectivity index (χ0n) is 11.5. The van der Waals surface area contributed by atoms with Crippen molar-refractivity contribution in [3.05, 3.63) is 57.5 Å². The Morgan fingerprint density at radius 2 is 2.14 bits per heavy atom. The summed E-state index contributed by atoms with van der Waals surface area (Å²) in [6.07, 6.45) is 1.17. The first kappa shape index (κ1) is 13.4. The molecule has 0 saturated heterocycles. The molecule has 0 bridgehead atoms. The molecule has 0 saturated carbocycles. The molecule has 3 heterocycles. The van der Waals surface area contributed by atoms with Gasteiger partial charge in [-0.15, -0.1) is 11.3 Å². The SMILES string of the molecule is NNC(c1cc2ccccc2o1)c1cc2c(s1)CCSC2. The molecule has 1 aliphatic heterocycles. The highest BCUT2D eigenvalue weighted by Crippen LogP contribution is 2.37. The van der Waals surface area contributed by atoms with Crippen molar-refractivity contribution in [1.29, 1.82) is 0 Å². The molecule has 0 aliphatic carbocycles. The number of thiophene rings is 1. The predicted molar refractivity (Wildman–Crippen MR) is 89.6 cm³/mol. The summed E-state index contributed by atoms with van der Waals surface area (Å²) in [4.78, 5) is 2.74. The summed E-state index contributed by atoms with van der Waals surface area (Å²) in [5.41, 5.74) is 5.28. The summed E-state index contributed by atoms with van der Waals surface area (Å²) >= 11 is 3.86. The average Bonchev–Trinajstić information content (AvgIpc) is 3.11. The normalized spacial score (nSPS) is 16.0. The molecule has 3 nitrogen and oxygen atoms in total. The van der Waals surface area contributed by atoms with Gasteiger partial charge in [-0.25, -0.2) is 5.43 Å². The number of nitrogens with two attached hydrogens (primary N) is 1. The summed E-state index contributed by atoms with van der Waals surface area (Å²) in [5.74, 6) is 9.02. The van der Waals surface area contributed by atoms with E-state index < -0.39 is 0 Å². The Kier molecular flexibility index (Phi) is 3.51. The first-order chi connectivity index (χ1) is 10.3. The van der Waals surface area contributed by atoms with E-state index in [1.54, 1.807) is 0 Å². The highest BCUT2D eigenvalue weighted by Gasteiger charge is 2.22. The molecular formula is C16H16N2OS2. The summed E-state index contributed by atoms with van der Waals surface area (Å²) < 4.78 is 5.97. The zero-order valence-corrected chi connectivity index (χ0v) is 13.1. The van der Waals surface area contributed by atoms with Gasteiger partial charge in [0.25, 0.3) is 0 Å². The molecule has 21 heavy (non-hydrogen) atoms. The van der Waals surface area contributed by atoms with E-state index in [1.807, 2.05) is 41.3 Å². The topological polar surface area (TPSA) is 51.2 Å². The first-order valence-corrected chi connectivity index (χ1v) is 8.96. The van der Waals surface area contributed by atoms with Gasteiger partial charge in [-0.1, -0.05) is 18.2 Å². The van der Waals surface area contributed by atoms with E-state index in [-0.39, 0.29) is 6.04 Å². The van der Waals surface area contributed by atoms with Gasteiger partial charge in [-0.05, 0) is 35.9 Å². The highest BCUT2D eigenvalue weighted by molar-refractivity contribution is 7.98. The Labute approximate surface area is 131 Å². The number of benzene rings is 1. The van der Waals surface area contributed by atoms with Crippen LogP contribution in [0, 0.1) is 0 Å². The van der Waals surface area contributed by atoms with Crippen LogP contribution in [0.3, 0.4) is 0 Å². The molecule has 4 rings (SSSR count). The number of nitrogens with one attached hydrogen (secondary N) is 1. The van der Waals surface area contributed by atoms with Crippen LogP contribution in [0.1, 0.15) is 27.1 Å². The van der Waals surface area contributed by atoms with Crippen LogP contribution >= 0.6 is 23.1 Å². The summed E-state index contributed by atoms with van der Waals surface area (Å²) in [5, 5.41) is 1.12. The molecule has 108 valence electrons. The van der Waals surface area contributed by atoms with Gasteiger partial charge in [0.05, 0.1) is 0 Å². The minimum absolute atomic E-state index is 0.0713. The second kappa shape index (κ2) is 5.50. The lowest BCUT2D eigenvalue weighted by molar-refractivity contribution is 0.481. The van der Waals surface area contributed by atoms with Crippen LogP contribution in [0.25, 0.3) is 11.0 Å². The molecule has 2 aromatic heterocycles. The lowest BCUT2D eigenvalue weighted by Crippen LogP contribution is -2.27. The molecule has 3 aromatic rings. The molecule has 5 heteroatoms. The van der Waals surface area contributed by atoms with Crippen molar-refractivity contribution >= 4 is 34.1 Å². The van der Waals surface area contributed by atoms with E-state index in [0.29, 0.717) is 0 Å². The number of hydrogen-bond donors (Lipinski definition) is 2. The van der Waals surface area contributed by atoms with E-state index in [4.69, 9.17) is 10.3 Å². The highest BCUT2D eigenvalue weighted by atomic mass is 32.2. The number of rotatable bonds is 3. The predicted octanol–water partition coefficient (Wildman–Crippen LogP) is 3.84. The largest absolute Gasteiger partial charge is 0.459 e. The minimum atomic E-state index is -0.0713. The second-order valence-corrected chi connectivity index (χ2v) is 7.46. The van der Waals surface area contributed by atoms with Crippen LogP contribution in [-0.4, -0.2) is 5.75 Å². The van der Waals surface area contributed by atoms with Gasteiger partial charge in [-0.3, -0.25) is 5.84 Å². The van der Waals surface area contributed by atoms with Gasteiger partial charge in [0.1, 0.15) is 17.4 Å². The second-order valence-electron chi connectivity index (χ2n) is 5.19. The van der Waals surface area contributed by atoms with E-state index in [0.717, 1.165) is 22.5 Å². The quantitative estimate of drug-likeness (QED) is 0.569. The van der Waals surface area contributed by atoms with Crippen molar-refractivity contribution in [2.45, 2.75) is 18.2 Å². The fourth-order valence-electron chi connectivity index (χ4n) is 2.76. The van der Waals surface area contributed by atoms with Crippen LogP contribution in [0.5, 0.6) is 0 Å². The van der Waals surface area contributed by atoms with Crippen LogP contribution in [0.15, 0.2) is 40.8 Å². The van der Waals surface area contributed by atoms with E-state index in [1.165, 1.54) is 27.5 Å². The third-order valence-electron chi connectivity index (χ3n) is 3.83. The number of thioether (sulfide) groups is 1. The number of hydrogen-bond acceptors (Lipinski definition) is 5. The maximum Gasteiger partial charge on any atom is 0.134 e. The lowest BCUT2D eigenvalue weighted by Gasteiger charge is -2.10. The summed E-state index contributed by atoms with van der Waals surface area (Å²) in [6, 6.07) is 12.3. The summed E-state index contributed by atoms with van der Waals surface area (Å²) in [7, 11) is 0. The van der Waals surface area contributed by atoms with Gasteiger partial charge in [0.15, 0.2) is 0 Å². The molecule has 1 aromatic carbocycles. The number of aryl methyl sites for hydroxylation is 1. The number of furan rings is 1. The lowest BCUT2D eigenvalue weighted by atomic mass is 10.1. The van der Waals surface area contributed by atoms with E-state index >= 15 is 0 Å². The smallest absolute Gasteiger partial charge is 0.134 e. The molecular weight excluding hydrogens is 300 g/mol. The molecule has 0 spiro atoms. The number of fused-ring (bicyclic) bond motifs is 2. The van der Waals surface area contributed by atoms with Gasteiger partial charge >= 0.3 is 0 Å². The molecule has 0 fully saturated rings. The Balaban J connectivity index is 1.75. The average molecular weight is 316 g/mol. The van der Waals surface area contributed by atoms with Gasteiger partial charge in [-0.2, -0.15) is 11.8 Å². The van der Waals surface area contributed by atoms with Crippen molar-refractivity contribution in [3.8, 4) is 0 Å². The van der Waals surface area contributed by atoms with Crippen LogP contribution in [0.2, 0.25) is 0 Å². The third kappa shape index (κ3) is 2.40. The molecule has 1 atom stereocenters. The van der Waals surface area contributed by atoms with Crippen molar-refractivity contribution in [1.82, 2.24) is 5.43 Å². The van der Waals surface area contributed by atoms with Gasteiger partial charge < -0.3 is 4.42 Å². The van der Waals surface area contributed by atoms with Crippen LogP contribution in [0.4, 0.5) is 0 Å². The Morgan fingerprint density at radius 3 is 2.95 bits per heavy atom. The maximum atomic E-state index is 5.97.